The molecule has 1 atom stereocenters. The summed E-state index contributed by atoms with van der Waals surface area (Å²) in [5, 5.41) is 19.7. The molecule has 1 aromatic rings. The van der Waals surface area contributed by atoms with Gasteiger partial charge in [0.2, 0.25) is 11.4 Å². The molecule has 0 amide bonds. The number of hydrogen-bond acceptors (Lipinski definition) is 6. The minimum atomic E-state index is -2.12. The third-order valence-corrected chi connectivity index (χ3v) is 3.95. The second-order valence-corrected chi connectivity index (χ2v) is 5.69. The molecule has 0 radical (unpaired) electrons. The first-order valence-electron chi connectivity index (χ1n) is 8.04. The molecule has 7 heteroatoms. The molecule has 7 nitrogen and oxygen atoms in total. The van der Waals surface area contributed by atoms with Gasteiger partial charge >= 0.3 is 17.9 Å². The maximum absolute atomic E-state index is 11.9. The molecule has 0 aromatic heterocycles. The Morgan fingerprint density at radius 2 is 1.92 bits per heavy atom. The first kappa shape index (κ1) is 18.5. The largest absolute Gasteiger partial charge is 0.502 e. The Bertz CT molecular complexity index is 693. The summed E-state index contributed by atoms with van der Waals surface area (Å²) >= 11 is 0. The molecule has 0 spiro atoms. The fourth-order valence-corrected chi connectivity index (χ4v) is 2.64. The lowest BCUT2D eigenvalue weighted by atomic mass is 9.84. The van der Waals surface area contributed by atoms with Crippen LogP contribution in [-0.4, -0.2) is 40.3 Å². The van der Waals surface area contributed by atoms with Crippen molar-refractivity contribution in [1.29, 1.82) is 0 Å². The number of rotatable bonds is 8. The fraction of sp³-hybridized carbons (Fsp3) is 0.389. The van der Waals surface area contributed by atoms with E-state index in [1.165, 1.54) is 0 Å². The van der Waals surface area contributed by atoms with Gasteiger partial charge in [0.15, 0.2) is 0 Å². The second kappa shape index (κ2) is 7.83. The summed E-state index contributed by atoms with van der Waals surface area (Å²) in [6, 6.07) is 8.12. The van der Waals surface area contributed by atoms with E-state index in [9.17, 15) is 24.6 Å². The van der Waals surface area contributed by atoms with Gasteiger partial charge < -0.3 is 19.7 Å². The topological polar surface area (TPSA) is 110 Å². The van der Waals surface area contributed by atoms with Crippen LogP contribution in [0.1, 0.15) is 38.2 Å². The van der Waals surface area contributed by atoms with Gasteiger partial charge in [-0.25, -0.2) is 9.59 Å². The van der Waals surface area contributed by atoms with E-state index in [1.807, 2.05) is 6.92 Å². The van der Waals surface area contributed by atoms with Crippen molar-refractivity contribution in [2.75, 3.05) is 6.61 Å². The monoisotopic (exact) mass is 348 g/mol. The van der Waals surface area contributed by atoms with Crippen molar-refractivity contribution in [1.82, 2.24) is 0 Å². The van der Waals surface area contributed by atoms with E-state index >= 15 is 0 Å². The van der Waals surface area contributed by atoms with Crippen LogP contribution in [0.5, 0.6) is 0 Å². The fourth-order valence-electron chi connectivity index (χ4n) is 2.64. The van der Waals surface area contributed by atoms with Crippen LogP contribution in [0.2, 0.25) is 0 Å². The molecule has 0 saturated heterocycles. The molecular formula is C18H20O7. The Morgan fingerprint density at radius 1 is 1.24 bits per heavy atom. The van der Waals surface area contributed by atoms with Crippen molar-refractivity contribution in [2.24, 2.45) is 0 Å². The van der Waals surface area contributed by atoms with Crippen molar-refractivity contribution >= 4 is 23.5 Å². The van der Waals surface area contributed by atoms with Gasteiger partial charge in [-0.15, -0.1) is 0 Å². The number of hydrogen-bond donors (Lipinski definition) is 2. The summed E-state index contributed by atoms with van der Waals surface area (Å²) in [4.78, 5) is 35.5. The highest BCUT2D eigenvalue weighted by molar-refractivity contribution is 6.10. The predicted octanol–water partition coefficient (Wildman–Crippen LogP) is 2.46. The molecule has 1 aliphatic rings. The third kappa shape index (κ3) is 3.81. The Labute approximate surface area is 144 Å². The van der Waals surface area contributed by atoms with Crippen molar-refractivity contribution < 1.29 is 34.1 Å². The van der Waals surface area contributed by atoms with Crippen LogP contribution in [-0.2, 0) is 23.9 Å². The van der Waals surface area contributed by atoms with E-state index in [0.29, 0.717) is 12.0 Å². The molecule has 1 aromatic carbocycles. The molecular weight excluding hydrogens is 328 g/mol. The molecule has 1 aliphatic heterocycles. The maximum atomic E-state index is 11.9. The number of unbranched alkanes of at least 4 members (excludes halogenated alkanes) is 1. The zero-order valence-electron chi connectivity index (χ0n) is 13.9. The van der Waals surface area contributed by atoms with E-state index in [-0.39, 0.29) is 25.0 Å². The van der Waals surface area contributed by atoms with Crippen LogP contribution in [0.3, 0.4) is 0 Å². The zero-order chi connectivity index (χ0) is 18.4. The van der Waals surface area contributed by atoms with Crippen molar-refractivity contribution in [3.8, 4) is 0 Å². The van der Waals surface area contributed by atoms with Crippen LogP contribution >= 0.6 is 0 Å². The van der Waals surface area contributed by atoms with Gasteiger partial charge in [-0.2, -0.15) is 0 Å². The third-order valence-electron chi connectivity index (χ3n) is 3.95. The van der Waals surface area contributed by atoms with Gasteiger partial charge in [0.05, 0.1) is 18.6 Å². The van der Waals surface area contributed by atoms with Crippen LogP contribution in [0.25, 0.3) is 5.57 Å². The van der Waals surface area contributed by atoms with Crippen molar-refractivity contribution in [3.05, 3.63) is 41.7 Å². The number of cyclic esters (lactones) is 1. The molecule has 25 heavy (non-hydrogen) atoms. The number of aliphatic carboxylic acids is 1. The van der Waals surface area contributed by atoms with Gasteiger partial charge in [-0.3, -0.25) is 4.79 Å². The SMILES string of the molecule is CCCCOC(=O)CC[C@]1(C(=O)O)OC(=O)C(O)=C1c1ccccc1. The Morgan fingerprint density at radius 3 is 2.52 bits per heavy atom. The zero-order valence-corrected chi connectivity index (χ0v) is 13.9. The normalized spacial score (nSPS) is 19.6. The Hall–Kier alpha value is -2.83. The Kier molecular flexibility index (Phi) is 5.80. The number of benzene rings is 1. The molecule has 0 fully saturated rings. The molecule has 0 saturated carbocycles. The average Bonchev–Trinajstić information content (AvgIpc) is 2.86. The lowest BCUT2D eigenvalue weighted by molar-refractivity contribution is -0.168. The molecule has 0 unspecified atom stereocenters. The lowest BCUT2D eigenvalue weighted by Gasteiger charge is -2.25. The smallest absolute Gasteiger partial charge is 0.375 e. The molecule has 0 bridgehead atoms. The quantitative estimate of drug-likeness (QED) is 0.548. The molecule has 134 valence electrons. The van der Waals surface area contributed by atoms with Crippen LogP contribution in [0.15, 0.2) is 36.1 Å². The lowest BCUT2D eigenvalue weighted by Crippen LogP contribution is -2.41. The van der Waals surface area contributed by atoms with Crippen LogP contribution in [0.4, 0.5) is 0 Å². The standard InChI is InChI=1S/C18H20O7/c1-2-3-11-24-13(19)9-10-18(17(22)23)14(15(20)16(21)25-18)12-7-5-4-6-8-12/h4-8,20H,2-3,9-11H2,1H3,(H,22,23)/t18-/m0/s1. The van der Waals surface area contributed by atoms with E-state index in [0.717, 1.165) is 6.42 Å². The van der Waals surface area contributed by atoms with Gasteiger partial charge in [-0.05, 0) is 12.0 Å². The summed E-state index contributed by atoms with van der Waals surface area (Å²) in [6.45, 7) is 2.20. The first-order valence-corrected chi connectivity index (χ1v) is 8.04. The summed E-state index contributed by atoms with van der Waals surface area (Å²) < 4.78 is 10.0. The van der Waals surface area contributed by atoms with E-state index < -0.39 is 29.3 Å². The van der Waals surface area contributed by atoms with Gasteiger partial charge in [-0.1, -0.05) is 43.7 Å². The highest BCUT2D eigenvalue weighted by Gasteiger charge is 2.54. The predicted molar refractivity (Wildman–Crippen MR) is 87.6 cm³/mol. The van der Waals surface area contributed by atoms with E-state index in [4.69, 9.17) is 9.47 Å². The summed E-state index contributed by atoms with van der Waals surface area (Å²) in [7, 11) is 0. The molecule has 1 heterocycles. The number of carbonyl (C=O) groups excluding carboxylic acids is 2. The number of ether oxygens (including phenoxy) is 2. The Balaban J connectivity index is 2.27. The average molecular weight is 348 g/mol. The number of esters is 2. The highest BCUT2D eigenvalue weighted by Crippen LogP contribution is 2.42. The first-order chi connectivity index (χ1) is 11.9. The molecule has 0 aliphatic carbocycles. The van der Waals surface area contributed by atoms with Crippen molar-refractivity contribution in [2.45, 2.75) is 38.2 Å². The molecule has 2 N–H and O–H groups in total. The number of carboxylic acid groups (broad SMARTS) is 1. The second-order valence-electron chi connectivity index (χ2n) is 5.69. The van der Waals surface area contributed by atoms with E-state index in [2.05, 4.69) is 0 Å². The minimum absolute atomic E-state index is 0.146. The summed E-state index contributed by atoms with van der Waals surface area (Å²) in [5.74, 6) is -3.91. The van der Waals surface area contributed by atoms with Crippen LogP contribution in [0, 0.1) is 0 Å². The summed E-state index contributed by atoms with van der Waals surface area (Å²) in [6.07, 6.45) is 0.986. The van der Waals surface area contributed by atoms with Gasteiger partial charge in [0.25, 0.3) is 0 Å². The maximum Gasteiger partial charge on any atom is 0.375 e. The molecule has 2 rings (SSSR count). The summed E-state index contributed by atoms with van der Waals surface area (Å²) in [5.41, 5.74) is -1.92. The highest BCUT2D eigenvalue weighted by atomic mass is 16.6. The van der Waals surface area contributed by atoms with Gasteiger partial charge in [0, 0.05) is 6.42 Å². The van der Waals surface area contributed by atoms with Gasteiger partial charge in [0.1, 0.15) is 0 Å². The van der Waals surface area contributed by atoms with Crippen molar-refractivity contribution in [3.63, 3.8) is 0 Å². The van der Waals surface area contributed by atoms with Crippen LogP contribution < -0.4 is 0 Å². The number of aliphatic hydroxyl groups is 1. The number of carboxylic acids is 1. The number of aliphatic hydroxyl groups excluding tert-OH is 1. The number of carbonyl (C=O) groups is 3. The minimum Gasteiger partial charge on any atom is -0.502 e. The van der Waals surface area contributed by atoms with E-state index in [1.54, 1.807) is 30.3 Å².